The fraction of sp³-hybridized carbons (Fsp3) is 0.424. The average molecular weight is 562 g/mol. The molecule has 0 spiro atoms. The third-order valence-corrected chi connectivity index (χ3v) is 6.62. The first kappa shape index (κ1) is 29.9. The highest BCUT2D eigenvalue weighted by Crippen LogP contribution is 2.30. The van der Waals surface area contributed by atoms with E-state index in [1.54, 1.807) is 0 Å². The van der Waals surface area contributed by atoms with Crippen LogP contribution in [0.2, 0.25) is 0 Å². The zero-order valence-electron chi connectivity index (χ0n) is 24.0. The van der Waals surface area contributed by atoms with Crippen molar-refractivity contribution in [2.75, 3.05) is 26.4 Å². The Morgan fingerprint density at radius 3 is 1.93 bits per heavy atom. The van der Waals surface area contributed by atoms with Crippen molar-refractivity contribution in [1.29, 1.82) is 0 Å². The maximum Gasteiger partial charge on any atom is 0.305 e. The summed E-state index contributed by atoms with van der Waals surface area (Å²) < 4.78 is 27.8. The van der Waals surface area contributed by atoms with E-state index in [-0.39, 0.29) is 11.9 Å². The van der Waals surface area contributed by atoms with Gasteiger partial charge >= 0.3 is 11.9 Å². The summed E-state index contributed by atoms with van der Waals surface area (Å²) in [6, 6.07) is 17.8. The largest absolute Gasteiger partial charge is 0.494 e. The fourth-order valence-corrected chi connectivity index (χ4v) is 4.51. The zero-order valence-corrected chi connectivity index (χ0v) is 24.0. The third-order valence-electron chi connectivity index (χ3n) is 6.62. The van der Waals surface area contributed by atoms with E-state index in [4.69, 9.17) is 23.4 Å². The van der Waals surface area contributed by atoms with E-state index in [1.165, 1.54) is 0 Å². The summed E-state index contributed by atoms with van der Waals surface area (Å²) in [5, 5.41) is 2.14. The third kappa shape index (κ3) is 9.23. The summed E-state index contributed by atoms with van der Waals surface area (Å²) in [4.78, 5) is 27.5. The van der Waals surface area contributed by atoms with Gasteiger partial charge < -0.3 is 23.4 Å². The minimum Gasteiger partial charge on any atom is -0.494 e. The molecule has 0 N–H and O–H groups in total. The Kier molecular flexibility index (Phi) is 11.4. The van der Waals surface area contributed by atoms with Gasteiger partial charge in [-0.2, -0.15) is 0 Å². The molecule has 0 unspecified atom stereocenters. The van der Waals surface area contributed by atoms with Gasteiger partial charge in [-0.15, -0.1) is 0 Å². The first-order chi connectivity index (χ1) is 20.1. The average Bonchev–Trinajstić information content (AvgIpc) is 3.40. The Bertz CT molecular complexity index is 1430. The second-order valence-electron chi connectivity index (χ2n) is 9.80. The van der Waals surface area contributed by atoms with Gasteiger partial charge in [0.2, 0.25) is 5.89 Å². The molecule has 1 aromatic heterocycles. The summed E-state index contributed by atoms with van der Waals surface area (Å²) in [7, 11) is 0. The van der Waals surface area contributed by atoms with Gasteiger partial charge in [-0.1, -0.05) is 12.1 Å². The van der Waals surface area contributed by atoms with Crippen molar-refractivity contribution in [3.63, 3.8) is 0 Å². The lowest BCUT2D eigenvalue weighted by molar-refractivity contribution is -0.144. The molecule has 3 aromatic carbocycles. The molecule has 0 fully saturated rings. The lowest BCUT2D eigenvalue weighted by Crippen LogP contribution is -2.04. The minimum absolute atomic E-state index is 0.133. The molecule has 8 nitrogen and oxygen atoms in total. The number of oxazole rings is 1. The van der Waals surface area contributed by atoms with E-state index in [0.717, 1.165) is 71.9 Å². The van der Waals surface area contributed by atoms with Crippen LogP contribution >= 0.6 is 0 Å². The predicted molar refractivity (Wildman–Crippen MR) is 158 cm³/mol. The molecule has 0 aliphatic rings. The lowest BCUT2D eigenvalue weighted by atomic mass is 10.1. The number of hydrogen-bond donors (Lipinski definition) is 0. The van der Waals surface area contributed by atoms with Gasteiger partial charge in [-0.25, -0.2) is 4.98 Å². The Hall–Kier alpha value is -4.07. The van der Waals surface area contributed by atoms with E-state index in [1.807, 2.05) is 62.4 Å². The first-order valence-corrected chi connectivity index (χ1v) is 14.6. The highest BCUT2D eigenvalue weighted by atomic mass is 16.5. The minimum atomic E-state index is -0.141. The van der Waals surface area contributed by atoms with Crippen molar-refractivity contribution in [2.24, 2.45) is 0 Å². The molecule has 8 heteroatoms. The van der Waals surface area contributed by atoms with E-state index < -0.39 is 0 Å². The van der Waals surface area contributed by atoms with Gasteiger partial charge in [0, 0.05) is 24.5 Å². The predicted octanol–water partition coefficient (Wildman–Crippen LogP) is 7.65. The van der Waals surface area contributed by atoms with Gasteiger partial charge in [-0.05, 0) is 99.5 Å². The number of rotatable bonds is 17. The number of fused-ring (bicyclic) bond motifs is 2. The monoisotopic (exact) mass is 561 g/mol. The normalized spacial score (nSPS) is 11.1. The first-order valence-electron chi connectivity index (χ1n) is 14.6. The summed E-state index contributed by atoms with van der Waals surface area (Å²) in [6.45, 7) is 5.67. The number of aromatic nitrogens is 1. The molecule has 0 atom stereocenters. The van der Waals surface area contributed by atoms with Gasteiger partial charge in [0.05, 0.1) is 26.4 Å². The molecule has 0 radical (unpaired) electrons. The Morgan fingerprint density at radius 2 is 1.27 bits per heavy atom. The maximum absolute atomic E-state index is 11.4. The van der Waals surface area contributed by atoms with E-state index in [2.05, 4.69) is 11.1 Å². The number of carbonyl (C=O) groups excluding carboxylic acids is 2. The van der Waals surface area contributed by atoms with Crippen molar-refractivity contribution in [3.05, 3.63) is 54.6 Å². The van der Waals surface area contributed by atoms with Gasteiger partial charge in [0.25, 0.3) is 0 Å². The van der Waals surface area contributed by atoms with Crippen LogP contribution in [0.25, 0.3) is 33.3 Å². The zero-order chi connectivity index (χ0) is 28.9. The molecular weight excluding hydrogens is 522 g/mol. The van der Waals surface area contributed by atoms with Crippen molar-refractivity contribution in [1.82, 2.24) is 4.98 Å². The molecule has 0 bridgehead atoms. The molecule has 218 valence electrons. The number of nitrogens with zero attached hydrogens (tertiary/aromatic N) is 1. The maximum atomic E-state index is 11.4. The lowest BCUT2D eigenvalue weighted by Gasteiger charge is -2.08. The van der Waals surface area contributed by atoms with Gasteiger partial charge in [0.15, 0.2) is 5.58 Å². The number of benzene rings is 3. The molecule has 41 heavy (non-hydrogen) atoms. The highest BCUT2D eigenvalue weighted by Gasteiger charge is 2.11. The van der Waals surface area contributed by atoms with E-state index >= 15 is 0 Å². The second-order valence-corrected chi connectivity index (χ2v) is 9.80. The van der Waals surface area contributed by atoms with Crippen LogP contribution in [0.15, 0.2) is 59.0 Å². The van der Waals surface area contributed by atoms with Crippen molar-refractivity contribution < 1.29 is 33.0 Å². The van der Waals surface area contributed by atoms with Gasteiger partial charge in [0.1, 0.15) is 17.0 Å². The van der Waals surface area contributed by atoms with Crippen LogP contribution in [0.1, 0.15) is 65.2 Å². The van der Waals surface area contributed by atoms with Crippen LogP contribution in [0.5, 0.6) is 11.5 Å². The highest BCUT2D eigenvalue weighted by molar-refractivity contribution is 5.88. The van der Waals surface area contributed by atoms with Crippen LogP contribution in [0.3, 0.4) is 0 Å². The molecule has 0 saturated heterocycles. The van der Waals surface area contributed by atoms with Crippen molar-refractivity contribution in [3.8, 4) is 23.0 Å². The van der Waals surface area contributed by atoms with Gasteiger partial charge in [-0.3, -0.25) is 9.59 Å². The number of hydrogen-bond acceptors (Lipinski definition) is 8. The van der Waals surface area contributed by atoms with Crippen LogP contribution in [-0.4, -0.2) is 43.4 Å². The van der Waals surface area contributed by atoms with Crippen LogP contribution < -0.4 is 9.47 Å². The topological polar surface area (TPSA) is 97.1 Å². The summed E-state index contributed by atoms with van der Waals surface area (Å²) >= 11 is 0. The molecule has 0 aliphatic heterocycles. The molecule has 0 saturated carbocycles. The SMILES string of the molecule is CCOC(=O)CCCCCOc1ccc2cc(-c3nc4ccc(OCCCCCC(=O)OCC)cc4o3)ccc2c1. The summed E-state index contributed by atoms with van der Waals surface area (Å²) in [5.74, 6) is 1.84. The van der Waals surface area contributed by atoms with Crippen LogP contribution in [0, 0.1) is 0 Å². The number of ether oxygens (including phenoxy) is 4. The number of carbonyl (C=O) groups is 2. The summed E-state index contributed by atoms with van der Waals surface area (Å²) in [6.07, 6.45) is 6.10. The van der Waals surface area contributed by atoms with E-state index in [0.29, 0.717) is 50.7 Å². The van der Waals surface area contributed by atoms with Crippen molar-refractivity contribution >= 4 is 33.8 Å². The standard InChI is InChI=1S/C33H39NO7/c1-3-37-31(35)11-7-5-9-19-39-27-16-15-24-21-26(14-13-25(24)22-27)33-34-29-18-17-28(23-30(29)41-33)40-20-10-6-8-12-32(36)38-4-2/h13-18,21-23H,3-12,19-20H2,1-2H3. The molecule has 0 aliphatic carbocycles. The van der Waals surface area contributed by atoms with E-state index in [9.17, 15) is 9.59 Å². The number of esters is 2. The molecule has 1 heterocycles. The molecule has 4 rings (SSSR count). The summed E-state index contributed by atoms with van der Waals surface area (Å²) in [5.41, 5.74) is 2.34. The Labute approximate surface area is 240 Å². The quantitative estimate of drug-likeness (QED) is 0.0958. The second kappa shape index (κ2) is 15.6. The fourth-order valence-electron chi connectivity index (χ4n) is 4.51. The molecule has 0 amide bonds. The Morgan fingerprint density at radius 1 is 0.683 bits per heavy atom. The Balaban J connectivity index is 1.27. The van der Waals surface area contributed by atoms with Crippen LogP contribution in [-0.2, 0) is 19.1 Å². The van der Waals surface area contributed by atoms with Crippen molar-refractivity contribution in [2.45, 2.75) is 65.2 Å². The number of unbranched alkanes of at least 4 members (excludes halogenated alkanes) is 4. The molecule has 4 aromatic rings. The van der Waals surface area contributed by atoms with Crippen LogP contribution in [0.4, 0.5) is 0 Å². The smallest absolute Gasteiger partial charge is 0.305 e. The molecular formula is C33H39NO7.